The van der Waals surface area contributed by atoms with Gasteiger partial charge in [0.1, 0.15) is 45.5 Å². The van der Waals surface area contributed by atoms with Gasteiger partial charge in [-0.2, -0.15) is 8.78 Å². The molecule has 18 heteroatoms. The number of thiophene rings is 2. The number of anilines is 1. The molecule has 0 aliphatic carbocycles. The smallest absolute Gasteiger partial charge is 0.387 e. The van der Waals surface area contributed by atoms with Crippen LogP contribution in [-0.4, -0.2) is 97.3 Å². The number of hydrogen-bond acceptors (Lipinski definition) is 14. The number of carbonyl (C=O) groups is 2. The Morgan fingerprint density at radius 3 is 2.14 bits per heavy atom. The van der Waals surface area contributed by atoms with Crippen molar-refractivity contribution >= 4 is 67.6 Å². The lowest BCUT2D eigenvalue weighted by Crippen LogP contribution is -2.42. The van der Waals surface area contributed by atoms with Crippen LogP contribution in [0.15, 0.2) is 150 Å². The van der Waals surface area contributed by atoms with E-state index in [-0.39, 0.29) is 35.9 Å². The van der Waals surface area contributed by atoms with Crippen molar-refractivity contribution in [2.45, 2.75) is 59.2 Å². The molecule has 3 aliphatic rings. The van der Waals surface area contributed by atoms with Crippen molar-refractivity contribution in [3.05, 3.63) is 202 Å². The molecule has 3 saturated heterocycles. The molecule has 3 unspecified atom stereocenters. The Morgan fingerprint density at radius 1 is 0.705 bits per heavy atom. The Balaban J connectivity index is 0.000000143. The zero-order chi connectivity index (χ0) is 54.5. The predicted octanol–water partition coefficient (Wildman–Crippen LogP) is 13.9. The zero-order valence-electron chi connectivity index (χ0n) is 43.7. The third-order valence-electron chi connectivity index (χ3n) is 13.1. The van der Waals surface area contributed by atoms with Gasteiger partial charge in [0, 0.05) is 64.4 Å². The molecule has 11 rings (SSSR count). The maximum atomic E-state index is 12.8. The van der Waals surface area contributed by atoms with Crippen LogP contribution in [0.25, 0.3) is 11.3 Å². The van der Waals surface area contributed by atoms with Gasteiger partial charge in [0.25, 0.3) is 5.91 Å². The Kier molecular flexibility index (Phi) is 19.6. The lowest BCUT2D eigenvalue weighted by atomic mass is 10.0. The molecular formula is C60H60BrF2N5O7S3. The molecule has 4 aromatic carbocycles. The van der Waals surface area contributed by atoms with Crippen molar-refractivity contribution in [1.29, 1.82) is 0 Å². The molecule has 12 nitrogen and oxygen atoms in total. The molecule has 0 bridgehead atoms. The second-order valence-electron chi connectivity index (χ2n) is 19.0. The third kappa shape index (κ3) is 15.5. The number of alkyl halides is 2. The van der Waals surface area contributed by atoms with Gasteiger partial charge in [0.05, 0.1) is 43.1 Å². The number of esters is 1. The Bertz CT molecular complexity index is 3230. The number of pyridine rings is 1. The number of morpholine rings is 3. The summed E-state index contributed by atoms with van der Waals surface area (Å²) in [4.78, 5) is 44.1. The fourth-order valence-corrected chi connectivity index (χ4v) is 11.8. The van der Waals surface area contributed by atoms with Crippen molar-refractivity contribution in [3.63, 3.8) is 0 Å². The number of amides is 1. The maximum absolute atomic E-state index is 12.8. The van der Waals surface area contributed by atoms with Crippen molar-refractivity contribution in [3.8, 4) is 22.8 Å². The van der Waals surface area contributed by atoms with Gasteiger partial charge in [-0.15, -0.1) is 34.0 Å². The van der Waals surface area contributed by atoms with Gasteiger partial charge in [0.15, 0.2) is 0 Å². The summed E-state index contributed by atoms with van der Waals surface area (Å²) < 4.78 is 53.0. The standard InChI is InChI=1S/C22H24N2OS.C22H21NO4S2.C16H15BrF2N2O2/c1-16-8-9-17(2)19(12-16)20-15-26-22(23-20)21-14-24(10-11-25-21)13-18-6-4-3-5-7-18;1-14-6-8-19(28-14)21(24)23-10-11-26-18(13-23)16-4-3-5-17(12-16)27-22(25)20-9-7-15(2)29-20;17-12-3-1-11(2-4-12)14-10-21(7-8-22-14)15-6-5-13(9-20-15)23-16(18)19/h3-9,12,15,21H,10-11,13-14H2,1-2H3;3-9,12,18H,10-11,13H2,1-2H3;1-6,9,14,16H,7-8,10H2. The Hall–Kier alpha value is -6.22. The van der Waals surface area contributed by atoms with E-state index in [4.69, 9.17) is 23.9 Å². The number of carbonyl (C=O) groups excluding carboxylic acids is 2. The topological polar surface area (TPSA) is 116 Å². The average molecular weight is 1180 g/mol. The van der Waals surface area contributed by atoms with Crippen LogP contribution in [0.5, 0.6) is 11.5 Å². The van der Waals surface area contributed by atoms with Gasteiger partial charge < -0.3 is 33.5 Å². The first-order valence-corrected chi connectivity index (χ1v) is 28.9. The van der Waals surface area contributed by atoms with Crippen molar-refractivity contribution in [2.24, 2.45) is 0 Å². The lowest BCUT2D eigenvalue weighted by Gasteiger charge is -2.34. The first kappa shape index (κ1) is 56.5. The summed E-state index contributed by atoms with van der Waals surface area (Å²) in [6, 6.07) is 43.2. The largest absolute Gasteiger partial charge is 0.433 e. The highest BCUT2D eigenvalue weighted by Gasteiger charge is 2.29. The highest BCUT2D eigenvalue weighted by Crippen LogP contribution is 2.33. The molecule has 8 aromatic rings. The number of hydrogen-bond donors (Lipinski definition) is 0. The van der Waals surface area contributed by atoms with E-state index in [9.17, 15) is 18.4 Å². The Morgan fingerprint density at radius 2 is 1.42 bits per heavy atom. The highest BCUT2D eigenvalue weighted by atomic mass is 79.9. The van der Waals surface area contributed by atoms with Crippen LogP contribution in [0.4, 0.5) is 14.6 Å². The number of rotatable bonds is 12. The van der Waals surface area contributed by atoms with Gasteiger partial charge >= 0.3 is 12.6 Å². The molecule has 4 aromatic heterocycles. The van der Waals surface area contributed by atoms with Gasteiger partial charge in [-0.05, 0) is 117 Å². The van der Waals surface area contributed by atoms with Crippen LogP contribution in [0.2, 0.25) is 0 Å². The molecule has 0 spiro atoms. The molecule has 0 N–H and O–H groups in total. The second kappa shape index (κ2) is 27.1. The molecule has 3 fully saturated rings. The summed E-state index contributed by atoms with van der Waals surface area (Å²) in [5, 5.41) is 3.25. The summed E-state index contributed by atoms with van der Waals surface area (Å²) in [7, 11) is 0. The van der Waals surface area contributed by atoms with Crippen LogP contribution in [0.3, 0.4) is 0 Å². The number of aromatic nitrogens is 2. The van der Waals surface area contributed by atoms with Crippen LogP contribution < -0.4 is 14.4 Å². The minimum Gasteiger partial charge on any atom is -0.433 e. The molecule has 1 amide bonds. The van der Waals surface area contributed by atoms with Crippen LogP contribution in [0, 0.1) is 27.7 Å². The maximum Gasteiger partial charge on any atom is 0.387 e. The SMILES string of the molecule is Cc1ccc(C(=O)Oc2cccc(C3CN(C(=O)c4ccc(C)s4)CCO3)c2)s1.Cc1ccc(C)c(-c2csc(C3CN(Cc4ccccc4)CCO3)n2)c1.FC(F)Oc1ccc(N2CCOC(c3ccc(Br)cc3)C2)nc1. The van der Waals surface area contributed by atoms with E-state index in [0.717, 1.165) is 73.0 Å². The van der Waals surface area contributed by atoms with Crippen molar-refractivity contribution < 1.29 is 42.1 Å². The van der Waals surface area contributed by atoms with Gasteiger partial charge in [0.2, 0.25) is 0 Å². The molecule has 78 heavy (non-hydrogen) atoms. The van der Waals surface area contributed by atoms with Crippen molar-refractivity contribution in [2.75, 3.05) is 64.0 Å². The number of benzene rings is 4. The minimum absolute atomic E-state index is 0.0343. The molecule has 0 radical (unpaired) electrons. The quantitative estimate of drug-likeness (QED) is 0.0860. The van der Waals surface area contributed by atoms with Gasteiger partial charge in [-0.1, -0.05) is 88.2 Å². The molecule has 7 heterocycles. The van der Waals surface area contributed by atoms with Crippen molar-refractivity contribution in [1.82, 2.24) is 19.8 Å². The second-order valence-corrected chi connectivity index (χ2v) is 23.3. The van der Waals surface area contributed by atoms with E-state index in [1.54, 1.807) is 29.5 Å². The molecule has 3 atom stereocenters. The predicted molar refractivity (Wildman–Crippen MR) is 307 cm³/mol. The van der Waals surface area contributed by atoms with E-state index >= 15 is 0 Å². The van der Waals surface area contributed by atoms with E-state index < -0.39 is 6.61 Å². The molecular weight excluding hydrogens is 1120 g/mol. The Labute approximate surface area is 474 Å². The van der Waals surface area contributed by atoms with E-state index in [1.165, 1.54) is 57.2 Å². The summed E-state index contributed by atoms with van der Waals surface area (Å²) in [6.45, 7) is 12.4. The fourth-order valence-electron chi connectivity index (χ4n) is 9.10. The lowest BCUT2D eigenvalue weighted by molar-refractivity contribution is -0.0500. The van der Waals surface area contributed by atoms with Crippen LogP contribution >= 0.6 is 49.9 Å². The fraction of sp³-hybridized carbons (Fsp3) is 0.300. The summed E-state index contributed by atoms with van der Waals surface area (Å²) in [5.41, 5.74) is 8.15. The zero-order valence-corrected chi connectivity index (χ0v) is 47.7. The number of aryl methyl sites for hydroxylation is 4. The number of thiazole rings is 1. The normalized spacial score (nSPS) is 17.6. The first-order valence-electron chi connectivity index (χ1n) is 25.6. The van der Waals surface area contributed by atoms with E-state index in [0.29, 0.717) is 50.0 Å². The summed E-state index contributed by atoms with van der Waals surface area (Å²) in [6.07, 6.45) is 1.08. The van der Waals surface area contributed by atoms with Gasteiger partial charge in [-0.25, -0.2) is 14.8 Å². The van der Waals surface area contributed by atoms with E-state index in [2.05, 4.69) is 103 Å². The average Bonchev–Trinajstić information content (AvgIpc) is 4.27. The first-order chi connectivity index (χ1) is 37.8. The third-order valence-corrected chi connectivity index (χ3v) is 16.6. The van der Waals surface area contributed by atoms with Gasteiger partial charge in [-0.3, -0.25) is 9.69 Å². The van der Waals surface area contributed by atoms with Crippen LogP contribution in [0.1, 0.15) is 80.2 Å². The number of nitrogens with zero attached hydrogens (tertiary/aromatic N) is 5. The molecule has 3 aliphatic heterocycles. The summed E-state index contributed by atoms with van der Waals surface area (Å²) in [5.74, 6) is 0.916. The minimum atomic E-state index is -2.84. The highest BCUT2D eigenvalue weighted by molar-refractivity contribution is 9.10. The molecule has 406 valence electrons. The number of ether oxygens (including phenoxy) is 5. The monoisotopic (exact) mass is 1180 g/mol. The summed E-state index contributed by atoms with van der Waals surface area (Å²) >= 11 is 8.04. The van der Waals surface area contributed by atoms with E-state index in [1.807, 2.05) is 79.4 Å². The number of halogens is 3. The molecule has 0 saturated carbocycles. The van der Waals surface area contributed by atoms with Crippen LogP contribution in [-0.2, 0) is 20.8 Å².